The van der Waals surface area contributed by atoms with Crippen molar-refractivity contribution in [1.29, 1.82) is 0 Å². The van der Waals surface area contributed by atoms with Crippen LogP contribution in [0.15, 0.2) is 24.3 Å². The van der Waals surface area contributed by atoms with Crippen LogP contribution in [0.25, 0.3) is 0 Å². The summed E-state index contributed by atoms with van der Waals surface area (Å²) >= 11 is 0. The molecule has 3 N–H and O–H groups in total. The van der Waals surface area contributed by atoms with E-state index in [0.29, 0.717) is 12.1 Å². The predicted octanol–water partition coefficient (Wildman–Crippen LogP) is 2.62. The summed E-state index contributed by atoms with van der Waals surface area (Å²) in [4.78, 5) is 27.9. The third-order valence-electron chi connectivity index (χ3n) is 3.80. The van der Waals surface area contributed by atoms with E-state index >= 15 is 0 Å². The smallest absolute Gasteiger partial charge is 0.273 e. The zero-order chi connectivity index (χ0) is 18.7. The molecular formula is C17H19F2N3O3. The van der Waals surface area contributed by atoms with Gasteiger partial charge in [-0.3, -0.25) is 9.59 Å². The molecule has 1 heterocycles. The highest BCUT2D eigenvalue weighted by Crippen LogP contribution is 2.28. The van der Waals surface area contributed by atoms with Crippen LogP contribution in [0.1, 0.15) is 46.5 Å². The molecule has 6 nitrogen and oxygen atoms in total. The molecule has 1 unspecified atom stereocenters. The number of nitrogens with one attached hydrogen (secondary N) is 1. The second kappa shape index (κ2) is 7.33. The maximum absolute atomic E-state index is 13.4. The normalized spacial score (nSPS) is 11.9. The van der Waals surface area contributed by atoms with Crippen molar-refractivity contribution in [3.8, 4) is 5.75 Å². The SMILES string of the molecule is CCN(C)C(=O)c1[nH]c(C(N)=O)cc1OC(C)c1ccc(F)c(F)c1. The first-order valence-electron chi connectivity index (χ1n) is 7.64. The summed E-state index contributed by atoms with van der Waals surface area (Å²) in [5.74, 6) is -2.99. The molecule has 0 aliphatic heterocycles. The third-order valence-corrected chi connectivity index (χ3v) is 3.80. The topological polar surface area (TPSA) is 88.4 Å². The molecule has 0 saturated heterocycles. The van der Waals surface area contributed by atoms with Gasteiger partial charge in [0.1, 0.15) is 17.5 Å². The molecule has 2 rings (SSSR count). The van der Waals surface area contributed by atoms with Crippen LogP contribution in [0.4, 0.5) is 8.78 Å². The Morgan fingerprint density at radius 2 is 1.96 bits per heavy atom. The first-order valence-corrected chi connectivity index (χ1v) is 7.64. The number of amides is 2. The summed E-state index contributed by atoms with van der Waals surface area (Å²) in [6, 6.07) is 4.70. The Morgan fingerprint density at radius 3 is 2.52 bits per heavy atom. The highest BCUT2D eigenvalue weighted by molar-refractivity contribution is 5.99. The zero-order valence-electron chi connectivity index (χ0n) is 14.1. The molecular weight excluding hydrogens is 332 g/mol. The van der Waals surface area contributed by atoms with E-state index in [1.165, 1.54) is 17.0 Å². The van der Waals surface area contributed by atoms with Crippen LogP contribution in [0, 0.1) is 11.6 Å². The molecule has 2 amide bonds. The van der Waals surface area contributed by atoms with E-state index in [4.69, 9.17) is 10.5 Å². The Kier molecular flexibility index (Phi) is 5.41. The maximum Gasteiger partial charge on any atom is 0.273 e. The number of H-pyrrole nitrogens is 1. The van der Waals surface area contributed by atoms with Gasteiger partial charge in [0.15, 0.2) is 17.4 Å². The minimum absolute atomic E-state index is 0.0142. The van der Waals surface area contributed by atoms with E-state index in [0.717, 1.165) is 12.1 Å². The van der Waals surface area contributed by atoms with Crippen molar-refractivity contribution in [2.24, 2.45) is 5.73 Å². The molecule has 0 spiro atoms. The van der Waals surface area contributed by atoms with Crippen LogP contribution >= 0.6 is 0 Å². The summed E-state index contributed by atoms with van der Waals surface area (Å²) in [6.45, 7) is 3.85. The van der Waals surface area contributed by atoms with Gasteiger partial charge in [-0.15, -0.1) is 0 Å². The molecule has 8 heteroatoms. The summed E-state index contributed by atoms with van der Waals surface area (Å²) in [6.07, 6.45) is -0.690. The number of hydrogen-bond acceptors (Lipinski definition) is 3. The lowest BCUT2D eigenvalue weighted by molar-refractivity contribution is 0.0790. The Balaban J connectivity index is 2.35. The summed E-state index contributed by atoms with van der Waals surface area (Å²) in [5.41, 5.74) is 5.70. The molecule has 0 bridgehead atoms. The van der Waals surface area contributed by atoms with Gasteiger partial charge < -0.3 is 20.4 Å². The molecule has 0 fully saturated rings. The average molecular weight is 351 g/mol. The fourth-order valence-electron chi connectivity index (χ4n) is 2.18. The van der Waals surface area contributed by atoms with Gasteiger partial charge in [0.05, 0.1) is 0 Å². The van der Waals surface area contributed by atoms with Gasteiger partial charge in [0.2, 0.25) is 0 Å². The Hall–Kier alpha value is -2.90. The summed E-state index contributed by atoms with van der Waals surface area (Å²) in [5, 5.41) is 0. The summed E-state index contributed by atoms with van der Waals surface area (Å²) < 4.78 is 32.1. The maximum atomic E-state index is 13.4. The van der Waals surface area contributed by atoms with Gasteiger partial charge >= 0.3 is 0 Å². The first kappa shape index (κ1) is 18.4. The number of rotatable bonds is 6. The van der Waals surface area contributed by atoms with Crippen molar-refractivity contribution in [3.05, 3.63) is 52.9 Å². The molecule has 0 aliphatic carbocycles. The number of ether oxygens (including phenoxy) is 1. The number of nitrogens with two attached hydrogens (primary N) is 1. The van der Waals surface area contributed by atoms with E-state index in [-0.39, 0.29) is 23.0 Å². The number of halogens is 2. The Bertz CT molecular complexity index is 804. The molecule has 1 atom stereocenters. The second-order valence-corrected chi connectivity index (χ2v) is 5.54. The van der Waals surface area contributed by atoms with Crippen molar-refractivity contribution < 1.29 is 23.1 Å². The Morgan fingerprint density at radius 1 is 1.28 bits per heavy atom. The largest absolute Gasteiger partial charge is 0.484 e. The van der Waals surface area contributed by atoms with Crippen molar-refractivity contribution in [2.45, 2.75) is 20.0 Å². The minimum atomic E-state index is -0.998. The van der Waals surface area contributed by atoms with Gasteiger partial charge in [-0.2, -0.15) is 0 Å². The van der Waals surface area contributed by atoms with Crippen LogP contribution in [0.2, 0.25) is 0 Å². The van der Waals surface area contributed by atoms with E-state index in [9.17, 15) is 18.4 Å². The quantitative estimate of drug-likeness (QED) is 0.838. The summed E-state index contributed by atoms with van der Waals surface area (Å²) in [7, 11) is 1.59. The number of primary amides is 1. The third kappa shape index (κ3) is 3.96. The van der Waals surface area contributed by atoms with E-state index < -0.39 is 23.6 Å². The van der Waals surface area contributed by atoms with E-state index in [1.807, 2.05) is 0 Å². The lowest BCUT2D eigenvalue weighted by Gasteiger charge is -2.18. The highest BCUT2D eigenvalue weighted by atomic mass is 19.2. The monoisotopic (exact) mass is 351 g/mol. The molecule has 0 saturated carbocycles. The van der Waals surface area contributed by atoms with Crippen molar-refractivity contribution in [1.82, 2.24) is 9.88 Å². The van der Waals surface area contributed by atoms with E-state index in [1.54, 1.807) is 20.9 Å². The molecule has 1 aromatic carbocycles. The average Bonchev–Trinajstić information content (AvgIpc) is 2.99. The van der Waals surface area contributed by atoms with Gasteiger partial charge in [0, 0.05) is 19.7 Å². The number of benzene rings is 1. The minimum Gasteiger partial charge on any atom is -0.484 e. The molecule has 1 aromatic heterocycles. The molecule has 0 aliphatic rings. The standard InChI is InChI=1S/C17H19F2N3O3/c1-4-22(3)17(24)15-14(8-13(21-15)16(20)23)25-9(2)10-5-6-11(18)12(19)7-10/h5-9,21H,4H2,1-3H3,(H2,20,23). The van der Waals surface area contributed by atoms with Crippen LogP contribution in [0.5, 0.6) is 5.75 Å². The molecule has 2 aromatic rings. The fourth-order valence-corrected chi connectivity index (χ4v) is 2.18. The van der Waals surface area contributed by atoms with Gasteiger partial charge in [-0.05, 0) is 31.5 Å². The van der Waals surface area contributed by atoms with Gasteiger partial charge in [-0.1, -0.05) is 6.07 Å². The molecule has 134 valence electrons. The van der Waals surface area contributed by atoms with Crippen LogP contribution < -0.4 is 10.5 Å². The van der Waals surface area contributed by atoms with Crippen LogP contribution in [-0.4, -0.2) is 35.3 Å². The lowest BCUT2D eigenvalue weighted by Crippen LogP contribution is -2.27. The van der Waals surface area contributed by atoms with Gasteiger partial charge in [0.25, 0.3) is 11.8 Å². The highest BCUT2D eigenvalue weighted by Gasteiger charge is 2.23. The molecule has 0 radical (unpaired) electrons. The fraction of sp³-hybridized carbons (Fsp3) is 0.294. The van der Waals surface area contributed by atoms with Crippen molar-refractivity contribution >= 4 is 11.8 Å². The van der Waals surface area contributed by atoms with Crippen molar-refractivity contribution in [2.75, 3.05) is 13.6 Å². The number of hydrogen-bond donors (Lipinski definition) is 2. The van der Waals surface area contributed by atoms with E-state index in [2.05, 4.69) is 4.98 Å². The second-order valence-electron chi connectivity index (χ2n) is 5.54. The van der Waals surface area contributed by atoms with Gasteiger partial charge in [-0.25, -0.2) is 8.78 Å². The number of aromatic nitrogens is 1. The Labute approximate surface area is 143 Å². The van der Waals surface area contributed by atoms with Crippen LogP contribution in [-0.2, 0) is 0 Å². The predicted molar refractivity (Wildman–Crippen MR) is 87.3 cm³/mol. The number of nitrogens with zero attached hydrogens (tertiary/aromatic N) is 1. The zero-order valence-corrected chi connectivity index (χ0v) is 14.1. The number of carbonyl (C=O) groups excluding carboxylic acids is 2. The number of carbonyl (C=O) groups is 2. The lowest BCUT2D eigenvalue weighted by atomic mass is 10.1. The molecule has 25 heavy (non-hydrogen) atoms. The van der Waals surface area contributed by atoms with Crippen molar-refractivity contribution in [3.63, 3.8) is 0 Å². The number of aromatic amines is 1. The first-order chi connectivity index (χ1) is 11.7. The van der Waals surface area contributed by atoms with Crippen LogP contribution in [0.3, 0.4) is 0 Å².